The van der Waals surface area contributed by atoms with E-state index in [4.69, 9.17) is 0 Å². The number of rotatable bonds is 6. The van der Waals surface area contributed by atoms with Crippen molar-refractivity contribution in [1.29, 1.82) is 0 Å². The number of aliphatic hydroxyl groups is 1. The molecule has 0 radical (unpaired) electrons. The molecule has 0 aliphatic carbocycles. The molecule has 0 spiro atoms. The third kappa shape index (κ3) is 5.73. The Bertz CT molecular complexity index is 498. The Labute approximate surface area is 131 Å². The zero-order valence-corrected chi connectivity index (χ0v) is 13.6. The van der Waals surface area contributed by atoms with E-state index in [2.05, 4.69) is 10.6 Å². The molecule has 0 aromatic heterocycles. The topological polar surface area (TPSA) is 81.7 Å². The Morgan fingerprint density at radius 3 is 2.00 bits per heavy atom. The first-order valence-electron chi connectivity index (χ1n) is 7.32. The van der Waals surface area contributed by atoms with Gasteiger partial charge in [0.2, 0.25) is 0 Å². The van der Waals surface area contributed by atoms with Gasteiger partial charge in [-0.1, -0.05) is 26.0 Å². The van der Waals surface area contributed by atoms with Crippen molar-refractivity contribution in [3.8, 4) is 0 Å². The molecule has 1 aromatic carbocycles. The number of benzene rings is 1. The van der Waals surface area contributed by atoms with E-state index in [1.54, 1.807) is 12.1 Å². The van der Waals surface area contributed by atoms with Gasteiger partial charge in [0.15, 0.2) is 0 Å². The summed E-state index contributed by atoms with van der Waals surface area (Å²) in [6.45, 7) is 4.33. The molecule has 1 rings (SSSR count). The highest BCUT2D eigenvalue weighted by atomic mass is 16.3. The van der Waals surface area contributed by atoms with E-state index in [1.165, 1.54) is 0 Å². The number of carbonyl (C=O) groups is 2. The van der Waals surface area contributed by atoms with Crippen molar-refractivity contribution >= 4 is 17.5 Å². The van der Waals surface area contributed by atoms with Gasteiger partial charge in [-0.2, -0.15) is 0 Å². The normalized spacial score (nSPS) is 11.9. The van der Waals surface area contributed by atoms with Crippen LogP contribution >= 0.6 is 0 Å². The van der Waals surface area contributed by atoms with Crippen LogP contribution in [-0.2, 0) is 9.59 Å². The third-order valence-electron chi connectivity index (χ3n) is 3.13. The average molecular weight is 307 g/mol. The molecule has 22 heavy (non-hydrogen) atoms. The predicted octanol–water partition coefficient (Wildman–Crippen LogP) is 0.674. The van der Waals surface area contributed by atoms with E-state index in [0.29, 0.717) is 12.1 Å². The van der Waals surface area contributed by atoms with Gasteiger partial charge in [0.25, 0.3) is 0 Å². The Hall–Kier alpha value is -2.08. The number of nitrogens with zero attached hydrogens (tertiary/aromatic N) is 1. The van der Waals surface area contributed by atoms with Crippen molar-refractivity contribution < 1.29 is 14.7 Å². The standard InChI is InChI=1S/C16H25N3O3/c1-11(2)9-17-15(21)16(22)18-10-14(20)12-5-7-13(8-6-12)19(3)4/h5-8,11,14,20H,9-10H2,1-4H3,(H,17,21)(H,18,22). The second kappa shape index (κ2) is 8.38. The number of amides is 2. The number of hydrogen-bond donors (Lipinski definition) is 3. The van der Waals surface area contributed by atoms with Crippen LogP contribution in [0.25, 0.3) is 0 Å². The van der Waals surface area contributed by atoms with Gasteiger partial charge < -0.3 is 20.6 Å². The second-order valence-electron chi connectivity index (χ2n) is 5.82. The van der Waals surface area contributed by atoms with Crippen LogP contribution in [0.2, 0.25) is 0 Å². The van der Waals surface area contributed by atoms with Crippen LogP contribution in [0, 0.1) is 5.92 Å². The van der Waals surface area contributed by atoms with Gasteiger partial charge in [0, 0.05) is 32.9 Å². The summed E-state index contributed by atoms with van der Waals surface area (Å²) in [5.41, 5.74) is 1.71. The Kier molecular flexibility index (Phi) is 6.85. The first kappa shape index (κ1) is 18.0. The van der Waals surface area contributed by atoms with E-state index < -0.39 is 17.9 Å². The number of anilines is 1. The highest BCUT2D eigenvalue weighted by Gasteiger charge is 2.15. The lowest BCUT2D eigenvalue weighted by Crippen LogP contribution is -2.42. The fourth-order valence-electron chi connectivity index (χ4n) is 1.76. The van der Waals surface area contributed by atoms with Crippen molar-refractivity contribution in [3.05, 3.63) is 29.8 Å². The van der Waals surface area contributed by atoms with Crippen LogP contribution < -0.4 is 15.5 Å². The fourth-order valence-corrected chi connectivity index (χ4v) is 1.76. The molecule has 0 aliphatic heterocycles. The van der Waals surface area contributed by atoms with Crippen LogP contribution in [0.1, 0.15) is 25.5 Å². The molecule has 6 heteroatoms. The molecular weight excluding hydrogens is 282 g/mol. The Morgan fingerprint density at radius 1 is 1.05 bits per heavy atom. The number of hydrogen-bond acceptors (Lipinski definition) is 4. The maximum atomic E-state index is 11.6. The summed E-state index contributed by atoms with van der Waals surface area (Å²) in [5.74, 6) is -1.13. The van der Waals surface area contributed by atoms with E-state index >= 15 is 0 Å². The molecule has 0 fully saturated rings. The minimum Gasteiger partial charge on any atom is -0.387 e. The molecule has 1 unspecified atom stereocenters. The maximum Gasteiger partial charge on any atom is 0.309 e. The van der Waals surface area contributed by atoms with E-state index in [9.17, 15) is 14.7 Å². The SMILES string of the molecule is CC(C)CNC(=O)C(=O)NCC(O)c1ccc(N(C)C)cc1. The van der Waals surface area contributed by atoms with Crippen molar-refractivity contribution in [2.75, 3.05) is 32.1 Å². The van der Waals surface area contributed by atoms with Crippen molar-refractivity contribution in [3.63, 3.8) is 0 Å². The van der Waals surface area contributed by atoms with Gasteiger partial charge in [0.05, 0.1) is 6.10 Å². The van der Waals surface area contributed by atoms with Gasteiger partial charge >= 0.3 is 11.8 Å². The summed E-state index contributed by atoms with van der Waals surface area (Å²) >= 11 is 0. The summed E-state index contributed by atoms with van der Waals surface area (Å²) < 4.78 is 0. The number of carbonyl (C=O) groups excluding carboxylic acids is 2. The second-order valence-corrected chi connectivity index (χ2v) is 5.82. The van der Waals surface area contributed by atoms with Crippen molar-refractivity contribution in [2.24, 2.45) is 5.92 Å². The molecular formula is C16H25N3O3. The summed E-state index contributed by atoms with van der Waals surface area (Å²) in [6, 6.07) is 7.36. The summed E-state index contributed by atoms with van der Waals surface area (Å²) in [7, 11) is 3.86. The van der Waals surface area contributed by atoms with Crippen molar-refractivity contribution in [1.82, 2.24) is 10.6 Å². The van der Waals surface area contributed by atoms with E-state index in [0.717, 1.165) is 5.69 Å². The quantitative estimate of drug-likeness (QED) is 0.675. The summed E-state index contributed by atoms with van der Waals surface area (Å²) in [6.07, 6.45) is -0.849. The molecule has 3 N–H and O–H groups in total. The molecule has 2 amide bonds. The molecule has 0 heterocycles. The van der Waals surface area contributed by atoms with E-state index in [-0.39, 0.29) is 12.5 Å². The molecule has 0 saturated carbocycles. The Balaban J connectivity index is 2.46. The smallest absolute Gasteiger partial charge is 0.309 e. The van der Waals surface area contributed by atoms with Crippen LogP contribution in [0.5, 0.6) is 0 Å². The largest absolute Gasteiger partial charge is 0.387 e. The lowest BCUT2D eigenvalue weighted by Gasteiger charge is -2.15. The summed E-state index contributed by atoms with van der Waals surface area (Å²) in [4.78, 5) is 25.1. The van der Waals surface area contributed by atoms with Gasteiger partial charge in [-0.25, -0.2) is 0 Å². The highest BCUT2D eigenvalue weighted by molar-refractivity contribution is 6.35. The summed E-state index contributed by atoms with van der Waals surface area (Å²) in [5, 5.41) is 15.0. The van der Waals surface area contributed by atoms with Gasteiger partial charge in [-0.3, -0.25) is 9.59 Å². The monoisotopic (exact) mass is 307 g/mol. The number of nitrogens with one attached hydrogen (secondary N) is 2. The minimum absolute atomic E-state index is 0.00472. The Morgan fingerprint density at radius 2 is 1.55 bits per heavy atom. The lowest BCUT2D eigenvalue weighted by molar-refractivity contribution is -0.139. The van der Waals surface area contributed by atoms with E-state index in [1.807, 2.05) is 45.0 Å². The minimum atomic E-state index is -0.849. The fraction of sp³-hybridized carbons (Fsp3) is 0.500. The third-order valence-corrected chi connectivity index (χ3v) is 3.13. The first-order valence-corrected chi connectivity index (χ1v) is 7.32. The zero-order chi connectivity index (χ0) is 16.7. The zero-order valence-electron chi connectivity index (χ0n) is 13.6. The molecule has 1 aromatic rings. The first-order chi connectivity index (χ1) is 10.3. The van der Waals surface area contributed by atoms with Crippen LogP contribution in [0.15, 0.2) is 24.3 Å². The average Bonchev–Trinajstić information content (AvgIpc) is 2.49. The van der Waals surface area contributed by atoms with Gasteiger partial charge in [0.1, 0.15) is 0 Å². The van der Waals surface area contributed by atoms with Crippen LogP contribution in [0.3, 0.4) is 0 Å². The predicted molar refractivity (Wildman–Crippen MR) is 86.6 cm³/mol. The lowest BCUT2D eigenvalue weighted by atomic mass is 10.1. The number of aliphatic hydroxyl groups excluding tert-OH is 1. The van der Waals surface area contributed by atoms with Crippen molar-refractivity contribution in [2.45, 2.75) is 20.0 Å². The molecule has 0 saturated heterocycles. The molecule has 6 nitrogen and oxygen atoms in total. The molecule has 0 aliphatic rings. The van der Waals surface area contributed by atoms with Gasteiger partial charge in [-0.05, 0) is 23.6 Å². The van der Waals surface area contributed by atoms with Crippen LogP contribution in [-0.4, -0.2) is 44.1 Å². The van der Waals surface area contributed by atoms with Gasteiger partial charge in [-0.15, -0.1) is 0 Å². The molecule has 122 valence electrons. The highest BCUT2D eigenvalue weighted by Crippen LogP contribution is 2.17. The van der Waals surface area contributed by atoms with Crippen LogP contribution in [0.4, 0.5) is 5.69 Å². The maximum absolute atomic E-state index is 11.6. The molecule has 1 atom stereocenters. The molecule has 0 bridgehead atoms.